The molecule has 0 N–H and O–H groups in total. The number of hydrogen-bond acceptors (Lipinski definition) is 1. The van der Waals surface area contributed by atoms with Crippen LogP contribution in [0.4, 0.5) is 0 Å². The summed E-state index contributed by atoms with van der Waals surface area (Å²) in [7, 11) is 0. The zero-order valence-corrected chi connectivity index (χ0v) is 12.8. The van der Waals surface area contributed by atoms with E-state index in [1.807, 2.05) is 68.6 Å². The summed E-state index contributed by atoms with van der Waals surface area (Å²) in [4.78, 5) is 12.6. The highest BCUT2D eigenvalue weighted by Crippen LogP contribution is 2.22. The SMILES string of the molecule is CC.CCc1cccc2ccn(C(=O)c3ccccc3)c12. The fourth-order valence-electron chi connectivity index (χ4n) is 2.44. The first-order valence-corrected chi connectivity index (χ1v) is 7.50. The Bertz CT molecular complexity index is 726. The van der Waals surface area contributed by atoms with Gasteiger partial charge >= 0.3 is 0 Å². The Morgan fingerprint density at radius 1 is 0.952 bits per heavy atom. The number of rotatable bonds is 2. The molecule has 0 unspecified atom stereocenters. The largest absolute Gasteiger partial charge is 0.283 e. The highest BCUT2D eigenvalue weighted by Gasteiger charge is 2.12. The molecule has 108 valence electrons. The Morgan fingerprint density at radius 2 is 1.67 bits per heavy atom. The highest BCUT2D eigenvalue weighted by molar-refractivity contribution is 6.02. The lowest BCUT2D eigenvalue weighted by molar-refractivity contribution is 0.0965. The number of aryl methyl sites for hydroxylation is 1. The van der Waals surface area contributed by atoms with Crippen molar-refractivity contribution >= 4 is 16.8 Å². The summed E-state index contributed by atoms with van der Waals surface area (Å²) in [5.74, 6) is 0.0245. The van der Waals surface area contributed by atoms with E-state index in [0.29, 0.717) is 5.56 Å². The maximum absolute atomic E-state index is 12.6. The summed E-state index contributed by atoms with van der Waals surface area (Å²) in [6, 6.07) is 17.6. The van der Waals surface area contributed by atoms with Crippen LogP contribution in [0.5, 0.6) is 0 Å². The molecule has 2 aromatic carbocycles. The molecule has 0 amide bonds. The number of hydrogen-bond donors (Lipinski definition) is 0. The first kappa shape index (κ1) is 15.0. The zero-order chi connectivity index (χ0) is 15.2. The van der Waals surface area contributed by atoms with E-state index < -0.39 is 0 Å². The van der Waals surface area contributed by atoms with Gasteiger partial charge in [-0.05, 0) is 30.2 Å². The summed E-state index contributed by atoms with van der Waals surface area (Å²) < 4.78 is 1.75. The molecule has 0 bridgehead atoms. The summed E-state index contributed by atoms with van der Waals surface area (Å²) in [6.45, 7) is 6.11. The molecule has 3 rings (SSSR count). The quantitative estimate of drug-likeness (QED) is 0.652. The van der Waals surface area contributed by atoms with E-state index in [0.717, 1.165) is 17.3 Å². The van der Waals surface area contributed by atoms with Gasteiger partial charge in [0.05, 0.1) is 5.52 Å². The number of fused-ring (bicyclic) bond motifs is 1. The number of carbonyl (C=O) groups excluding carboxylic acids is 1. The monoisotopic (exact) mass is 279 g/mol. The third kappa shape index (κ3) is 2.89. The minimum Gasteiger partial charge on any atom is -0.283 e. The molecule has 2 heteroatoms. The fourth-order valence-corrected chi connectivity index (χ4v) is 2.44. The van der Waals surface area contributed by atoms with Gasteiger partial charge in [0.15, 0.2) is 0 Å². The third-order valence-electron chi connectivity index (χ3n) is 3.42. The maximum atomic E-state index is 12.6. The van der Waals surface area contributed by atoms with Crippen LogP contribution >= 0.6 is 0 Å². The van der Waals surface area contributed by atoms with Crippen molar-refractivity contribution in [1.82, 2.24) is 4.57 Å². The number of nitrogens with zero attached hydrogens (tertiary/aromatic N) is 1. The van der Waals surface area contributed by atoms with Gasteiger partial charge in [0.2, 0.25) is 0 Å². The molecule has 0 aliphatic heterocycles. The van der Waals surface area contributed by atoms with Gasteiger partial charge < -0.3 is 0 Å². The maximum Gasteiger partial charge on any atom is 0.262 e. The molecular weight excluding hydrogens is 258 g/mol. The second kappa shape index (κ2) is 6.89. The number of aromatic nitrogens is 1. The minimum absolute atomic E-state index is 0.0245. The molecule has 0 radical (unpaired) electrons. The summed E-state index contributed by atoms with van der Waals surface area (Å²) in [6.07, 6.45) is 2.78. The standard InChI is InChI=1S/C17H15NO.C2H6/c1-2-13-9-6-10-14-11-12-18(16(13)14)17(19)15-7-4-3-5-8-15;1-2/h3-12H,2H2,1H3;1-2H3. The van der Waals surface area contributed by atoms with Crippen LogP contribution in [0.15, 0.2) is 60.8 Å². The predicted octanol–water partition coefficient (Wildman–Crippen LogP) is 4.92. The molecule has 2 nitrogen and oxygen atoms in total. The van der Waals surface area contributed by atoms with E-state index in [1.54, 1.807) is 4.57 Å². The molecule has 0 saturated carbocycles. The number of carbonyl (C=O) groups is 1. The Morgan fingerprint density at radius 3 is 2.33 bits per heavy atom. The molecule has 0 saturated heterocycles. The van der Waals surface area contributed by atoms with Crippen LogP contribution in [-0.4, -0.2) is 10.5 Å². The second-order valence-electron chi connectivity index (χ2n) is 4.57. The van der Waals surface area contributed by atoms with Gasteiger partial charge in [0.25, 0.3) is 5.91 Å². The van der Waals surface area contributed by atoms with Crippen molar-refractivity contribution in [1.29, 1.82) is 0 Å². The van der Waals surface area contributed by atoms with Gasteiger partial charge in [-0.2, -0.15) is 0 Å². The van der Waals surface area contributed by atoms with E-state index in [2.05, 4.69) is 13.0 Å². The average Bonchev–Trinajstić information content (AvgIpc) is 3.01. The van der Waals surface area contributed by atoms with Crippen molar-refractivity contribution in [2.45, 2.75) is 27.2 Å². The average molecular weight is 279 g/mol. The van der Waals surface area contributed by atoms with Gasteiger partial charge in [0, 0.05) is 17.1 Å². The van der Waals surface area contributed by atoms with Crippen LogP contribution in [0.3, 0.4) is 0 Å². The van der Waals surface area contributed by atoms with Crippen LogP contribution in [0.2, 0.25) is 0 Å². The van der Waals surface area contributed by atoms with Gasteiger partial charge in [-0.3, -0.25) is 9.36 Å². The van der Waals surface area contributed by atoms with Crippen LogP contribution in [0, 0.1) is 0 Å². The van der Waals surface area contributed by atoms with Crippen molar-refractivity contribution in [3.63, 3.8) is 0 Å². The van der Waals surface area contributed by atoms with Crippen LogP contribution < -0.4 is 0 Å². The predicted molar refractivity (Wildman–Crippen MR) is 88.8 cm³/mol. The molecule has 0 spiro atoms. The van der Waals surface area contributed by atoms with Crippen molar-refractivity contribution in [2.24, 2.45) is 0 Å². The lowest BCUT2D eigenvalue weighted by Crippen LogP contribution is -2.11. The first-order valence-electron chi connectivity index (χ1n) is 7.50. The lowest BCUT2D eigenvalue weighted by atomic mass is 10.1. The van der Waals surface area contributed by atoms with Crippen molar-refractivity contribution < 1.29 is 4.79 Å². The third-order valence-corrected chi connectivity index (χ3v) is 3.42. The molecule has 0 atom stereocenters. The Kier molecular flexibility index (Phi) is 4.94. The van der Waals surface area contributed by atoms with Crippen molar-refractivity contribution in [2.75, 3.05) is 0 Å². The zero-order valence-electron chi connectivity index (χ0n) is 12.8. The molecule has 0 fully saturated rings. The molecule has 0 aliphatic carbocycles. The summed E-state index contributed by atoms with van der Waals surface area (Å²) >= 11 is 0. The van der Waals surface area contributed by atoms with Crippen molar-refractivity contribution in [3.05, 3.63) is 71.9 Å². The van der Waals surface area contributed by atoms with Gasteiger partial charge in [-0.15, -0.1) is 0 Å². The topological polar surface area (TPSA) is 22.0 Å². The Balaban J connectivity index is 0.000000774. The first-order chi connectivity index (χ1) is 10.3. The van der Waals surface area contributed by atoms with E-state index >= 15 is 0 Å². The Hall–Kier alpha value is -2.35. The van der Waals surface area contributed by atoms with Crippen molar-refractivity contribution in [3.8, 4) is 0 Å². The van der Waals surface area contributed by atoms with E-state index in [1.165, 1.54) is 5.56 Å². The highest BCUT2D eigenvalue weighted by atomic mass is 16.2. The molecule has 21 heavy (non-hydrogen) atoms. The van der Waals surface area contributed by atoms with Gasteiger partial charge in [0.1, 0.15) is 0 Å². The smallest absolute Gasteiger partial charge is 0.262 e. The number of para-hydroxylation sites is 1. The molecule has 3 aromatic rings. The second-order valence-corrected chi connectivity index (χ2v) is 4.57. The normalized spacial score (nSPS) is 10.0. The van der Waals surface area contributed by atoms with Crippen LogP contribution in [0.1, 0.15) is 36.7 Å². The lowest BCUT2D eigenvalue weighted by Gasteiger charge is -2.07. The van der Waals surface area contributed by atoms with Gasteiger partial charge in [-0.25, -0.2) is 0 Å². The van der Waals surface area contributed by atoms with Gasteiger partial charge in [-0.1, -0.05) is 57.2 Å². The minimum atomic E-state index is 0.0245. The Labute approximate surface area is 126 Å². The fraction of sp³-hybridized carbons (Fsp3) is 0.211. The van der Waals surface area contributed by atoms with Crippen LogP contribution in [0.25, 0.3) is 10.9 Å². The van der Waals surface area contributed by atoms with Crippen LogP contribution in [-0.2, 0) is 6.42 Å². The summed E-state index contributed by atoms with van der Waals surface area (Å²) in [5, 5.41) is 1.11. The van der Waals surface area contributed by atoms with E-state index in [4.69, 9.17) is 0 Å². The molecular formula is C19H21NO. The summed E-state index contributed by atoms with van der Waals surface area (Å²) in [5.41, 5.74) is 2.94. The molecule has 0 aliphatic rings. The molecule has 1 aromatic heterocycles. The number of benzene rings is 2. The van der Waals surface area contributed by atoms with E-state index in [-0.39, 0.29) is 5.91 Å². The molecule has 1 heterocycles. The van der Waals surface area contributed by atoms with E-state index in [9.17, 15) is 4.79 Å².